The monoisotopic (exact) mass is 250 g/mol. The van der Waals surface area contributed by atoms with Crippen LogP contribution in [0.5, 0.6) is 0 Å². The average molecular weight is 250 g/mol. The van der Waals surface area contributed by atoms with E-state index in [0.717, 1.165) is 37.4 Å². The molecule has 0 radical (unpaired) electrons. The van der Waals surface area contributed by atoms with E-state index >= 15 is 0 Å². The first-order valence-electron chi connectivity index (χ1n) is 7.58. The number of hydrogen-bond acceptors (Lipinski definition) is 2. The third-order valence-corrected chi connectivity index (χ3v) is 5.26. The van der Waals surface area contributed by atoms with E-state index in [1.165, 1.54) is 12.8 Å². The smallest absolute Gasteiger partial charge is 0.160 e. The minimum Gasteiger partial charge on any atom is -0.352 e. The minimum absolute atomic E-state index is 0.0722. The Balaban J connectivity index is 1.75. The van der Waals surface area contributed by atoms with Crippen molar-refractivity contribution < 1.29 is 9.47 Å². The Bertz CT molecular complexity index is 328. The van der Waals surface area contributed by atoms with Crippen LogP contribution in [0.4, 0.5) is 0 Å². The fraction of sp³-hybridized carbons (Fsp3) is 0.875. The Kier molecular flexibility index (Phi) is 3.50. The van der Waals surface area contributed by atoms with E-state index in [0.29, 0.717) is 11.8 Å². The molecule has 1 aliphatic heterocycles. The maximum absolute atomic E-state index is 5.86. The van der Waals surface area contributed by atoms with Crippen molar-refractivity contribution in [2.24, 2.45) is 29.6 Å². The Morgan fingerprint density at radius 3 is 2.50 bits per heavy atom. The van der Waals surface area contributed by atoms with Crippen molar-refractivity contribution in [3.8, 4) is 0 Å². The second-order valence-electron chi connectivity index (χ2n) is 6.69. The Hall–Kier alpha value is -0.340. The van der Waals surface area contributed by atoms with Crippen LogP contribution in [0.2, 0.25) is 0 Å². The van der Waals surface area contributed by atoms with E-state index < -0.39 is 0 Å². The zero-order valence-corrected chi connectivity index (χ0v) is 11.9. The van der Waals surface area contributed by atoms with Gasteiger partial charge in [-0.05, 0) is 49.9 Å². The molecule has 2 heteroatoms. The summed E-state index contributed by atoms with van der Waals surface area (Å²) < 4.78 is 11.7. The number of ether oxygens (including phenoxy) is 2. The largest absolute Gasteiger partial charge is 0.352 e. The Labute approximate surface area is 111 Å². The predicted molar refractivity (Wildman–Crippen MR) is 72.1 cm³/mol. The van der Waals surface area contributed by atoms with E-state index in [9.17, 15) is 0 Å². The van der Waals surface area contributed by atoms with Gasteiger partial charge in [0.15, 0.2) is 6.29 Å². The second-order valence-corrected chi connectivity index (χ2v) is 6.69. The van der Waals surface area contributed by atoms with Crippen LogP contribution in [0.3, 0.4) is 0 Å². The molecule has 4 atom stereocenters. The summed E-state index contributed by atoms with van der Waals surface area (Å²) in [6.45, 7) is 8.82. The maximum Gasteiger partial charge on any atom is 0.160 e. The quantitative estimate of drug-likeness (QED) is 0.697. The summed E-state index contributed by atoms with van der Waals surface area (Å²) in [6, 6.07) is 0. The molecule has 18 heavy (non-hydrogen) atoms. The highest BCUT2D eigenvalue weighted by atomic mass is 16.7. The third kappa shape index (κ3) is 2.14. The Morgan fingerprint density at radius 2 is 1.89 bits per heavy atom. The van der Waals surface area contributed by atoms with Gasteiger partial charge in [-0.1, -0.05) is 25.5 Å². The molecule has 1 heterocycles. The minimum atomic E-state index is 0.0722. The molecule has 2 bridgehead atoms. The summed E-state index contributed by atoms with van der Waals surface area (Å²) in [7, 11) is 0. The molecule has 1 saturated heterocycles. The maximum atomic E-state index is 5.86. The first kappa shape index (κ1) is 12.7. The van der Waals surface area contributed by atoms with Gasteiger partial charge in [0, 0.05) is 5.92 Å². The van der Waals surface area contributed by atoms with E-state index in [2.05, 4.69) is 26.8 Å². The first-order chi connectivity index (χ1) is 8.66. The molecule has 102 valence electrons. The number of allylic oxidation sites excluding steroid dienone is 2. The van der Waals surface area contributed by atoms with Crippen molar-refractivity contribution in [2.75, 3.05) is 13.2 Å². The highest BCUT2D eigenvalue weighted by Crippen LogP contribution is 2.51. The molecule has 1 saturated carbocycles. The summed E-state index contributed by atoms with van der Waals surface area (Å²) in [5.41, 5.74) is 1.59. The van der Waals surface area contributed by atoms with Gasteiger partial charge < -0.3 is 9.47 Å². The Morgan fingerprint density at radius 1 is 1.17 bits per heavy atom. The molecular formula is C16H26O2. The summed E-state index contributed by atoms with van der Waals surface area (Å²) in [5, 5.41) is 0. The molecule has 0 spiro atoms. The lowest BCUT2D eigenvalue weighted by Crippen LogP contribution is -2.46. The summed E-state index contributed by atoms with van der Waals surface area (Å²) in [6.07, 6.45) is 6.29. The first-order valence-corrected chi connectivity index (χ1v) is 7.58. The van der Waals surface area contributed by atoms with Gasteiger partial charge >= 0.3 is 0 Å². The van der Waals surface area contributed by atoms with Crippen LogP contribution in [0, 0.1) is 29.6 Å². The van der Waals surface area contributed by atoms with E-state index in [1.807, 2.05) is 0 Å². The fourth-order valence-corrected chi connectivity index (χ4v) is 4.29. The van der Waals surface area contributed by atoms with Gasteiger partial charge in [0.2, 0.25) is 0 Å². The zero-order chi connectivity index (χ0) is 12.7. The molecule has 0 aromatic carbocycles. The molecule has 0 aromatic heterocycles. The number of fused-ring (bicyclic) bond motifs is 2. The molecular weight excluding hydrogens is 224 g/mol. The van der Waals surface area contributed by atoms with Crippen LogP contribution < -0.4 is 0 Å². The highest BCUT2D eigenvalue weighted by molar-refractivity contribution is 5.18. The molecule has 0 amide bonds. The molecule has 4 rings (SSSR count). The van der Waals surface area contributed by atoms with Gasteiger partial charge in [0.25, 0.3) is 0 Å². The second kappa shape index (κ2) is 4.97. The SMILES string of the molecule is CC1=CC2CC(C3OCCCO3)C1CC2C(C)C. The standard InChI is InChI=1S/C16H26O2/c1-10(2)13-9-14-11(3)7-12(13)8-15(14)16-17-5-4-6-18-16/h7,10,12-16H,4-6,8-9H2,1-3H3. The normalized spacial score (nSPS) is 41.2. The highest BCUT2D eigenvalue weighted by Gasteiger charge is 2.45. The van der Waals surface area contributed by atoms with Crippen LogP contribution in [-0.2, 0) is 9.47 Å². The van der Waals surface area contributed by atoms with Gasteiger partial charge in [-0.25, -0.2) is 0 Å². The van der Waals surface area contributed by atoms with Crippen LogP contribution in [0.25, 0.3) is 0 Å². The lowest BCUT2D eigenvalue weighted by Gasteiger charge is -2.49. The summed E-state index contributed by atoms with van der Waals surface area (Å²) >= 11 is 0. The fourth-order valence-electron chi connectivity index (χ4n) is 4.29. The molecule has 3 aliphatic carbocycles. The zero-order valence-electron chi connectivity index (χ0n) is 11.9. The van der Waals surface area contributed by atoms with Crippen LogP contribution in [0.15, 0.2) is 11.6 Å². The molecule has 0 aromatic rings. The predicted octanol–water partition coefficient (Wildman–Crippen LogP) is 3.62. The lowest BCUT2D eigenvalue weighted by molar-refractivity contribution is -0.221. The van der Waals surface area contributed by atoms with Crippen LogP contribution >= 0.6 is 0 Å². The number of rotatable bonds is 2. The topological polar surface area (TPSA) is 18.5 Å². The molecule has 2 fully saturated rings. The van der Waals surface area contributed by atoms with E-state index in [4.69, 9.17) is 9.47 Å². The van der Waals surface area contributed by atoms with Crippen LogP contribution in [-0.4, -0.2) is 19.5 Å². The molecule has 2 nitrogen and oxygen atoms in total. The van der Waals surface area contributed by atoms with Crippen molar-refractivity contribution in [1.82, 2.24) is 0 Å². The van der Waals surface area contributed by atoms with Gasteiger partial charge in [-0.3, -0.25) is 0 Å². The molecule has 4 aliphatic rings. The van der Waals surface area contributed by atoms with E-state index in [-0.39, 0.29) is 6.29 Å². The van der Waals surface area contributed by atoms with Crippen molar-refractivity contribution >= 4 is 0 Å². The third-order valence-electron chi connectivity index (χ3n) is 5.26. The average Bonchev–Trinajstić information content (AvgIpc) is 2.39. The van der Waals surface area contributed by atoms with Crippen molar-refractivity contribution in [3.63, 3.8) is 0 Å². The van der Waals surface area contributed by atoms with E-state index in [1.54, 1.807) is 5.57 Å². The van der Waals surface area contributed by atoms with Gasteiger partial charge in [0.1, 0.15) is 0 Å². The van der Waals surface area contributed by atoms with Crippen LogP contribution in [0.1, 0.15) is 40.0 Å². The summed E-state index contributed by atoms with van der Waals surface area (Å²) in [4.78, 5) is 0. The van der Waals surface area contributed by atoms with Gasteiger partial charge in [-0.2, -0.15) is 0 Å². The van der Waals surface area contributed by atoms with Gasteiger partial charge in [0.05, 0.1) is 13.2 Å². The number of hydrogen-bond donors (Lipinski definition) is 0. The van der Waals surface area contributed by atoms with Crippen molar-refractivity contribution in [3.05, 3.63) is 11.6 Å². The summed E-state index contributed by atoms with van der Waals surface area (Å²) in [5.74, 6) is 3.74. The molecule has 0 N–H and O–H groups in total. The lowest BCUT2D eigenvalue weighted by atomic mass is 9.58. The van der Waals surface area contributed by atoms with Gasteiger partial charge in [-0.15, -0.1) is 0 Å². The van der Waals surface area contributed by atoms with Crippen molar-refractivity contribution in [1.29, 1.82) is 0 Å². The van der Waals surface area contributed by atoms with Crippen molar-refractivity contribution in [2.45, 2.75) is 46.3 Å². The molecule has 4 unspecified atom stereocenters.